The largest absolute Gasteiger partial charge is 0.449 e. The topological polar surface area (TPSA) is 79.1 Å². The Bertz CT molecular complexity index is 708. The van der Waals surface area contributed by atoms with Crippen molar-refractivity contribution in [2.45, 2.75) is 51.9 Å². The number of benzene rings is 1. The second kappa shape index (κ2) is 12.7. The van der Waals surface area contributed by atoms with E-state index in [-0.39, 0.29) is 12.0 Å². The van der Waals surface area contributed by atoms with Crippen LogP contribution in [0.15, 0.2) is 24.3 Å². The Labute approximate surface area is 192 Å². The van der Waals surface area contributed by atoms with Crippen LogP contribution in [0.4, 0.5) is 10.5 Å². The molecule has 0 unspecified atom stereocenters. The molecule has 32 heavy (non-hydrogen) atoms. The number of piperidine rings is 1. The standard InChI is InChI=1S/C25H40N4O3/c1-2-3-20-32-25(31)29-18-16-27(17-19-29)23-9-7-22(8-10-23)24(30)28-14-11-21(12-15-28)6-4-5-13-26/h7-10,21H,2-6,11-20,26H2,1H3. The third kappa shape index (κ3) is 6.86. The lowest BCUT2D eigenvalue weighted by Crippen LogP contribution is -2.49. The van der Waals surface area contributed by atoms with E-state index in [9.17, 15) is 9.59 Å². The van der Waals surface area contributed by atoms with Crippen molar-refractivity contribution in [2.24, 2.45) is 11.7 Å². The minimum absolute atomic E-state index is 0.136. The van der Waals surface area contributed by atoms with Gasteiger partial charge in [-0.05, 0) is 62.4 Å². The predicted octanol–water partition coefficient (Wildman–Crippen LogP) is 3.73. The summed E-state index contributed by atoms with van der Waals surface area (Å²) in [7, 11) is 0. The number of amides is 2. The second-order valence-electron chi connectivity index (χ2n) is 9.01. The van der Waals surface area contributed by atoms with Crippen LogP contribution in [0.1, 0.15) is 62.2 Å². The second-order valence-corrected chi connectivity index (χ2v) is 9.01. The molecule has 0 bridgehead atoms. The van der Waals surface area contributed by atoms with Gasteiger partial charge < -0.3 is 25.2 Å². The Hall–Kier alpha value is -2.28. The number of anilines is 1. The first-order chi connectivity index (χ1) is 15.6. The van der Waals surface area contributed by atoms with E-state index in [1.807, 2.05) is 29.2 Å². The van der Waals surface area contributed by atoms with Gasteiger partial charge in [0, 0.05) is 50.5 Å². The van der Waals surface area contributed by atoms with E-state index in [0.29, 0.717) is 19.7 Å². The summed E-state index contributed by atoms with van der Waals surface area (Å²) in [6.45, 7) is 7.92. The summed E-state index contributed by atoms with van der Waals surface area (Å²) in [5, 5.41) is 0. The maximum Gasteiger partial charge on any atom is 0.409 e. The van der Waals surface area contributed by atoms with Gasteiger partial charge in [-0.25, -0.2) is 4.79 Å². The Morgan fingerprint density at radius 1 is 0.938 bits per heavy atom. The molecule has 0 atom stereocenters. The molecule has 0 aliphatic carbocycles. The van der Waals surface area contributed by atoms with E-state index in [1.54, 1.807) is 4.90 Å². The minimum atomic E-state index is -0.206. The Morgan fingerprint density at radius 3 is 2.25 bits per heavy atom. The van der Waals surface area contributed by atoms with Crippen LogP contribution in [0.25, 0.3) is 0 Å². The van der Waals surface area contributed by atoms with Crippen LogP contribution in [-0.2, 0) is 4.74 Å². The third-order valence-electron chi connectivity index (χ3n) is 6.71. The van der Waals surface area contributed by atoms with Crippen molar-refractivity contribution in [3.63, 3.8) is 0 Å². The fourth-order valence-electron chi connectivity index (χ4n) is 4.54. The summed E-state index contributed by atoms with van der Waals surface area (Å²) in [6.07, 6.45) is 7.45. The molecule has 178 valence electrons. The van der Waals surface area contributed by atoms with Gasteiger partial charge in [0.05, 0.1) is 6.61 Å². The summed E-state index contributed by atoms with van der Waals surface area (Å²) in [6, 6.07) is 7.94. The zero-order valence-corrected chi connectivity index (χ0v) is 19.6. The summed E-state index contributed by atoms with van der Waals surface area (Å²) in [5.74, 6) is 0.868. The highest BCUT2D eigenvalue weighted by Gasteiger charge is 2.25. The molecule has 2 saturated heterocycles. The number of ether oxygens (including phenoxy) is 1. The number of hydrogen-bond donors (Lipinski definition) is 1. The summed E-state index contributed by atoms with van der Waals surface area (Å²) in [5.41, 5.74) is 7.44. The number of carbonyl (C=O) groups excluding carboxylic acids is 2. The van der Waals surface area contributed by atoms with Gasteiger partial charge in [0.1, 0.15) is 0 Å². The number of rotatable bonds is 9. The lowest BCUT2D eigenvalue weighted by Gasteiger charge is -2.35. The van der Waals surface area contributed by atoms with Crippen molar-refractivity contribution in [1.29, 1.82) is 0 Å². The zero-order chi connectivity index (χ0) is 22.8. The van der Waals surface area contributed by atoms with Gasteiger partial charge in [0.25, 0.3) is 5.91 Å². The van der Waals surface area contributed by atoms with Crippen LogP contribution in [0.5, 0.6) is 0 Å². The van der Waals surface area contributed by atoms with Crippen LogP contribution in [0, 0.1) is 5.92 Å². The highest BCUT2D eigenvalue weighted by molar-refractivity contribution is 5.94. The van der Waals surface area contributed by atoms with E-state index in [0.717, 1.165) is 82.0 Å². The Kier molecular flexibility index (Phi) is 9.65. The Morgan fingerprint density at radius 2 is 1.62 bits per heavy atom. The van der Waals surface area contributed by atoms with Crippen molar-refractivity contribution in [3.05, 3.63) is 29.8 Å². The molecule has 1 aromatic rings. The normalized spacial score (nSPS) is 17.5. The highest BCUT2D eigenvalue weighted by atomic mass is 16.6. The van der Waals surface area contributed by atoms with Crippen LogP contribution < -0.4 is 10.6 Å². The van der Waals surface area contributed by atoms with Crippen molar-refractivity contribution >= 4 is 17.7 Å². The number of likely N-dealkylation sites (tertiary alicyclic amines) is 1. The molecule has 0 spiro atoms. The minimum Gasteiger partial charge on any atom is -0.449 e. The molecule has 0 radical (unpaired) electrons. The van der Waals surface area contributed by atoms with Crippen LogP contribution >= 0.6 is 0 Å². The molecular weight excluding hydrogens is 404 g/mol. The molecule has 0 aromatic heterocycles. The molecule has 2 fully saturated rings. The zero-order valence-electron chi connectivity index (χ0n) is 19.6. The molecule has 7 nitrogen and oxygen atoms in total. The predicted molar refractivity (Wildman–Crippen MR) is 128 cm³/mol. The van der Waals surface area contributed by atoms with E-state index in [2.05, 4.69) is 11.8 Å². The molecule has 2 heterocycles. The lowest BCUT2D eigenvalue weighted by atomic mass is 9.91. The maximum absolute atomic E-state index is 12.9. The van der Waals surface area contributed by atoms with Crippen LogP contribution in [0.3, 0.4) is 0 Å². The van der Waals surface area contributed by atoms with Gasteiger partial charge in [0.2, 0.25) is 0 Å². The monoisotopic (exact) mass is 444 g/mol. The number of hydrogen-bond acceptors (Lipinski definition) is 5. The summed E-state index contributed by atoms with van der Waals surface area (Å²) in [4.78, 5) is 31.1. The van der Waals surface area contributed by atoms with Gasteiger partial charge in [-0.3, -0.25) is 4.79 Å². The van der Waals surface area contributed by atoms with E-state index >= 15 is 0 Å². The number of nitrogens with two attached hydrogens (primary N) is 1. The van der Waals surface area contributed by atoms with Crippen molar-refractivity contribution in [2.75, 3.05) is 57.3 Å². The van der Waals surface area contributed by atoms with E-state index < -0.39 is 0 Å². The summed E-state index contributed by atoms with van der Waals surface area (Å²) >= 11 is 0. The van der Waals surface area contributed by atoms with E-state index in [1.165, 1.54) is 12.8 Å². The molecule has 2 N–H and O–H groups in total. The SMILES string of the molecule is CCCCOC(=O)N1CCN(c2ccc(C(=O)N3CCC(CCCCN)CC3)cc2)CC1. The molecule has 1 aromatic carbocycles. The van der Waals surface area contributed by atoms with Gasteiger partial charge in [-0.15, -0.1) is 0 Å². The van der Waals surface area contributed by atoms with Gasteiger partial charge in [-0.1, -0.05) is 26.2 Å². The molecule has 2 aliphatic heterocycles. The fourth-order valence-corrected chi connectivity index (χ4v) is 4.54. The molecule has 2 aliphatic rings. The molecule has 3 rings (SSSR count). The molecule has 0 saturated carbocycles. The van der Waals surface area contributed by atoms with Gasteiger partial charge >= 0.3 is 6.09 Å². The fraction of sp³-hybridized carbons (Fsp3) is 0.680. The summed E-state index contributed by atoms with van der Waals surface area (Å²) < 4.78 is 5.31. The first kappa shape index (κ1) is 24.4. The maximum atomic E-state index is 12.9. The van der Waals surface area contributed by atoms with Crippen molar-refractivity contribution in [3.8, 4) is 0 Å². The highest BCUT2D eigenvalue weighted by Crippen LogP contribution is 2.24. The van der Waals surface area contributed by atoms with Gasteiger partial charge in [0.15, 0.2) is 0 Å². The molecule has 2 amide bonds. The average Bonchev–Trinajstić information content (AvgIpc) is 2.84. The number of piperazine rings is 1. The number of unbranched alkanes of at least 4 members (excludes halogenated alkanes) is 2. The molecule has 7 heteroatoms. The molecular formula is C25H40N4O3. The van der Waals surface area contributed by atoms with Crippen molar-refractivity contribution in [1.82, 2.24) is 9.80 Å². The van der Waals surface area contributed by atoms with Crippen LogP contribution in [-0.4, -0.2) is 74.2 Å². The third-order valence-corrected chi connectivity index (χ3v) is 6.71. The lowest BCUT2D eigenvalue weighted by molar-refractivity contribution is 0.0685. The average molecular weight is 445 g/mol. The number of nitrogens with zero attached hydrogens (tertiary/aromatic N) is 3. The first-order valence-corrected chi connectivity index (χ1v) is 12.4. The van der Waals surface area contributed by atoms with Gasteiger partial charge in [-0.2, -0.15) is 0 Å². The van der Waals surface area contributed by atoms with E-state index in [4.69, 9.17) is 10.5 Å². The van der Waals surface area contributed by atoms with Crippen molar-refractivity contribution < 1.29 is 14.3 Å². The van der Waals surface area contributed by atoms with Crippen LogP contribution in [0.2, 0.25) is 0 Å². The quantitative estimate of drug-likeness (QED) is 0.587. The number of carbonyl (C=O) groups is 2. The smallest absolute Gasteiger partial charge is 0.409 e. The Balaban J connectivity index is 1.43. The first-order valence-electron chi connectivity index (χ1n) is 12.4.